The second kappa shape index (κ2) is 6.31. The molecule has 2 rings (SSSR count). The van der Waals surface area contributed by atoms with Crippen LogP contribution in [0.1, 0.15) is 24.8 Å². The molecular formula is C13H16FN3O2S. The number of rotatable bonds is 5. The van der Waals surface area contributed by atoms with Gasteiger partial charge in [0.1, 0.15) is 22.3 Å². The van der Waals surface area contributed by atoms with Gasteiger partial charge in [0.25, 0.3) is 0 Å². The molecule has 1 fully saturated rings. The number of nitrogens with one attached hydrogen (secondary N) is 2. The SMILES string of the molecule is N#Cc1c(F)cccc1S(=O)(=O)NCC[C@H]1CCCN1. The van der Waals surface area contributed by atoms with E-state index in [-0.39, 0.29) is 11.4 Å². The van der Waals surface area contributed by atoms with Crippen molar-refractivity contribution in [2.45, 2.75) is 30.2 Å². The number of sulfonamides is 1. The lowest BCUT2D eigenvalue weighted by molar-refractivity contribution is 0.538. The van der Waals surface area contributed by atoms with Gasteiger partial charge in [0.2, 0.25) is 10.0 Å². The van der Waals surface area contributed by atoms with Crippen LogP contribution in [-0.4, -0.2) is 27.5 Å². The molecule has 0 spiro atoms. The molecule has 108 valence electrons. The fourth-order valence-corrected chi connectivity index (χ4v) is 3.50. The van der Waals surface area contributed by atoms with Gasteiger partial charge in [-0.15, -0.1) is 0 Å². The van der Waals surface area contributed by atoms with Crippen LogP contribution in [0.3, 0.4) is 0 Å². The third kappa shape index (κ3) is 3.33. The van der Waals surface area contributed by atoms with Gasteiger partial charge in [0.05, 0.1) is 0 Å². The van der Waals surface area contributed by atoms with Gasteiger partial charge in [-0.1, -0.05) is 6.07 Å². The Morgan fingerprint density at radius 2 is 2.30 bits per heavy atom. The topological polar surface area (TPSA) is 82.0 Å². The Balaban J connectivity index is 2.06. The van der Waals surface area contributed by atoms with Crippen molar-refractivity contribution in [2.75, 3.05) is 13.1 Å². The number of hydrogen-bond acceptors (Lipinski definition) is 4. The Morgan fingerprint density at radius 1 is 1.50 bits per heavy atom. The molecule has 7 heteroatoms. The number of hydrogen-bond donors (Lipinski definition) is 2. The van der Waals surface area contributed by atoms with Crippen LogP contribution >= 0.6 is 0 Å². The summed E-state index contributed by atoms with van der Waals surface area (Å²) in [6, 6.07) is 5.50. The molecule has 1 aromatic carbocycles. The summed E-state index contributed by atoms with van der Waals surface area (Å²) in [5.74, 6) is -0.826. The van der Waals surface area contributed by atoms with Gasteiger partial charge in [-0.3, -0.25) is 0 Å². The highest BCUT2D eigenvalue weighted by atomic mass is 32.2. The zero-order chi connectivity index (χ0) is 14.6. The molecule has 1 heterocycles. The monoisotopic (exact) mass is 297 g/mol. The summed E-state index contributed by atoms with van der Waals surface area (Å²) in [7, 11) is -3.86. The van der Waals surface area contributed by atoms with E-state index >= 15 is 0 Å². The van der Waals surface area contributed by atoms with Gasteiger partial charge in [-0.2, -0.15) is 5.26 Å². The van der Waals surface area contributed by atoms with E-state index in [9.17, 15) is 12.8 Å². The maximum atomic E-state index is 13.4. The zero-order valence-electron chi connectivity index (χ0n) is 10.9. The summed E-state index contributed by atoms with van der Waals surface area (Å²) in [4.78, 5) is -0.306. The van der Waals surface area contributed by atoms with Crippen molar-refractivity contribution < 1.29 is 12.8 Å². The third-order valence-corrected chi connectivity index (χ3v) is 4.83. The van der Waals surface area contributed by atoms with Crippen molar-refractivity contribution in [2.24, 2.45) is 0 Å². The molecule has 0 radical (unpaired) electrons. The van der Waals surface area contributed by atoms with E-state index in [0.717, 1.165) is 25.5 Å². The first-order valence-corrected chi connectivity index (χ1v) is 7.94. The highest BCUT2D eigenvalue weighted by Gasteiger charge is 2.21. The maximum Gasteiger partial charge on any atom is 0.241 e. The summed E-state index contributed by atoms with van der Waals surface area (Å²) in [5, 5.41) is 12.1. The predicted octanol–water partition coefficient (Wildman–Crippen LogP) is 1.12. The predicted molar refractivity (Wildman–Crippen MR) is 71.9 cm³/mol. The maximum absolute atomic E-state index is 13.4. The lowest BCUT2D eigenvalue weighted by atomic mass is 10.2. The van der Waals surface area contributed by atoms with E-state index in [1.807, 2.05) is 0 Å². The average molecular weight is 297 g/mol. The van der Waals surface area contributed by atoms with E-state index in [1.54, 1.807) is 6.07 Å². The van der Waals surface area contributed by atoms with Gasteiger partial charge < -0.3 is 5.32 Å². The van der Waals surface area contributed by atoms with Gasteiger partial charge in [0.15, 0.2) is 0 Å². The molecule has 1 aliphatic rings. The van der Waals surface area contributed by atoms with Crippen molar-refractivity contribution in [3.05, 3.63) is 29.6 Å². The van der Waals surface area contributed by atoms with E-state index in [2.05, 4.69) is 10.0 Å². The number of nitrogens with zero attached hydrogens (tertiary/aromatic N) is 1. The summed E-state index contributed by atoms with van der Waals surface area (Å²) in [5.41, 5.74) is -0.445. The number of nitriles is 1. The second-order valence-corrected chi connectivity index (χ2v) is 6.44. The average Bonchev–Trinajstić information content (AvgIpc) is 2.91. The van der Waals surface area contributed by atoms with Crippen molar-refractivity contribution in [1.29, 1.82) is 5.26 Å². The minimum Gasteiger partial charge on any atom is -0.314 e. The molecule has 0 unspecified atom stereocenters. The molecule has 0 amide bonds. The van der Waals surface area contributed by atoms with Gasteiger partial charge in [-0.25, -0.2) is 17.5 Å². The highest BCUT2D eigenvalue weighted by molar-refractivity contribution is 7.89. The minimum absolute atomic E-state index is 0.265. The van der Waals surface area contributed by atoms with Crippen LogP contribution in [0.2, 0.25) is 0 Å². The molecule has 0 saturated carbocycles. The first-order chi connectivity index (χ1) is 9.54. The van der Waals surface area contributed by atoms with Crippen LogP contribution in [0.15, 0.2) is 23.1 Å². The fourth-order valence-electron chi connectivity index (χ4n) is 2.29. The standard InChI is InChI=1S/C13H16FN3O2S/c14-12-4-1-5-13(11(12)9-15)20(18,19)17-8-6-10-3-2-7-16-10/h1,4-5,10,16-17H,2-3,6-8H2/t10-/m1/s1. The summed E-state index contributed by atoms with van der Waals surface area (Å²) in [6.07, 6.45) is 2.81. The lowest BCUT2D eigenvalue weighted by Crippen LogP contribution is -2.31. The summed E-state index contributed by atoms with van der Waals surface area (Å²) in [6.45, 7) is 1.22. The molecule has 0 aliphatic carbocycles. The fraction of sp³-hybridized carbons (Fsp3) is 0.462. The normalized spacial score (nSPS) is 18.9. The first-order valence-electron chi connectivity index (χ1n) is 6.46. The van der Waals surface area contributed by atoms with Crippen LogP contribution in [0.4, 0.5) is 4.39 Å². The molecule has 2 N–H and O–H groups in total. The molecular weight excluding hydrogens is 281 g/mol. The van der Waals surface area contributed by atoms with Crippen LogP contribution in [0, 0.1) is 17.1 Å². The third-order valence-electron chi connectivity index (χ3n) is 3.32. The van der Waals surface area contributed by atoms with Crippen LogP contribution in [0.5, 0.6) is 0 Å². The highest BCUT2D eigenvalue weighted by Crippen LogP contribution is 2.18. The Kier molecular flexibility index (Phi) is 4.70. The van der Waals surface area contributed by atoms with Gasteiger partial charge in [-0.05, 0) is 37.9 Å². The molecule has 1 aliphatic heterocycles. The molecule has 1 atom stereocenters. The Labute approximate surface area is 117 Å². The zero-order valence-corrected chi connectivity index (χ0v) is 11.7. The lowest BCUT2D eigenvalue weighted by Gasteiger charge is -2.12. The Bertz CT molecular complexity index is 619. The first kappa shape index (κ1) is 14.9. The van der Waals surface area contributed by atoms with E-state index in [1.165, 1.54) is 12.1 Å². The van der Waals surface area contributed by atoms with E-state index in [0.29, 0.717) is 12.5 Å². The van der Waals surface area contributed by atoms with Crippen LogP contribution in [0.25, 0.3) is 0 Å². The Morgan fingerprint density at radius 3 is 2.95 bits per heavy atom. The van der Waals surface area contributed by atoms with Crippen LogP contribution < -0.4 is 10.0 Å². The van der Waals surface area contributed by atoms with E-state index < -0.39 is 21.4 Å². The van der Waals surface area contributed by atoms with Crippen molar-refractivity contribution in [1.82, 2.24) is 10.0 Å². The van der Waals surface area contributed by atoms with E-state index in [4.69, 9.17) is 5.26 Å². The summed E-state index contributed by atoms with van der Waals surface area (Å²) < 4.78 is 40.0. The molecule has 20 heavy (non-hydrogen) atoms. The number of halogens is 1. The van der Waals surface area contributed by atoms with Gasteiger partial charge >= 0.3 is 0 Å². The van der Waals surface area contributed by atoms with Gasteiger partial charge in [0, 0.05) is 12.6 Å². The van der Waals surface area contributed by atoms with Crippen molar-refractivity contribution in [3.8, 4) is 6.07 Å². The quantitative estimate of drug-likeness (QED) is 0.853. The minimum atomic E-state index is -3.86. The smallest absolute Gasteiger partial charge is 0.241 e. The molecule has 1 aromatic rings. The Hall–Kier alpha value is -1.49. The molecule has 1 saturated heterocycles. The molecule has 0 bridgehead atoms. The van der Waals surface area contributed by atoms with Crippen LogP contribution in [-0.2, 0) is 10.0 Å². The molecule has 5 nitrogen and oxygen atoms in total. The van der Waals surface area contributed by atoms with Crippen molar-refractivity contribution >= 4 is 10.0 Å². The summed E-state index contributed by atoms with van der Waals surface area (Å²) >= 11 is 0. The number of benzene rings is 1. The second-order valence-electron chi connectivity index (χ2n) is 4.70. The largest absolute Gasteiger partial charge is 0.314 e. The van der Waals surface area contributed by atoms with Crippen molar-refractivity contribution in [3.63, 3.8) is 0 Å². The molecule has 0 aromatic heterocycles.